The van der Waals surface area contributed by atoms with Gasteiger partial charge in [-0.2, -0.15) is 0 Å². The lowest BCUT2D eigenvalue weighted by Crippen LogP contribution is -2.30. The van der Waals surface area contributed by atoms with Gasteiger partial charge in [-0.1, -0.05) is 40.8 Å². The maximum absolute atomic E-state index is 6.03. The summed E-state index contributed by atoms with van der Waals surface area (Å²) in [6.45, 7) is 11.0. The van der Waals surface area contributed by atoms with Crippen LogP contribution in [-0.4, -0.2) is 23.4 Å². The van der Waals surface area contributed by atoms with Gasteiger partial charge in [0.1, 0.15) is 0 Å². The molecule has 3 atom stereocenters. The van der Waals surface area contributed by atoms with Gasteiger partial charge >= 0.3 is 0 Å². The number of halogens is 1. The van der Waals surface area contributed by atoms with E-state index in [9.17, 15) is 0 Å². The van der Waals surface area contributed by atoms with Crippen molar-refractivity contribution in [2.75, 3.05) is 11.0 Å². The van der Waals surface area contributed by atoms with Crippen LogP contribution in [-0.2, 0) is 9.47 Å². The molecule has 0 aromatic rings. The van der Waals surface area contributed by atoms with Crippen LogP contribution in [0, 0.1) is 5.92 Å². The summed E-state index contributed by atoms with van der Waals surface area (Å²) < 4.78 is 12.5. The van der Waals surface area contributed by atoms with Gasteiger partial charge in [-0.05, 0) is 45.1 Å². The Morgan fingerprint density at radius 2 is 2.35 bits per heavy atom. The van der Waals surface area contributed by atoms with Crippen molar-refractivity contribution in [3.63, 3.8) is 0 Å². The van der Waals surface area contributed by atoms with E-state index < -0.39 is 0 Å². The first-order chi connectivity index (χ1) is 8.08. The van der Waals surface area contributed by atoms with Crippen LogP contribution in [0.3, 0.4) is 0 Å². The molecule has 0 heterocycles. The maximum atomic E-state index is 6.03. The number of rotatable bonds is 6. The van der Waals surface area contributed by atoms with E-state index in [4.69, 9.17) is 9.47 Å². The average Bonchev–Trinajstić information content (AvgIpc) is 2.30. The van der Waals surface area contributed by atoms with E-state index in [0.717, 1.165) is 17.3 Å². The van der Waals surface area contributed by atoms with Crippen molar-refractivity contribution < 1.29 is 9.47 Å². The number of allylic oxidation sites excluding steroid dienone is 2. The van der Waals surface area contributed by atoms with Crippen LogP contribution in [0.25, 0.3) is 0 Å². The highest BCUT2D eigenvalue weighted by Crippen LogP contribution is 2.31. The van der Waals surface area contributed by atoms with Gasteiger partial charge in [0.05, 0.1) is 10.5 Å². The Morgan fingerprint density at radius 3 is 2.88 bits per heavy atom. The molecule has 1 aliphatic rings. The molecule has 0 saturated carbocycles. The minimum absolute atomic E-state index is 0.0854. The molecule has 0 bridgehead atoms. The molecule has 1 aliphatic carbocycles. The third-order valence-electron chi connectivity index (χ3n) is 3.22. The average molecular weight is 350 g/mol. The van der Waals surface area contributed by atoms with E-state index in [-0.39, 0.29) is 12.4 Å². The van der Waals surface area contributed by atoms with Gasteiger partial charge in [-0.25, -0.2) is 0 Å². The lowest BCUT2D eigenvalue weighted by atomic mass is 9.84. The first-order valence-electron chi connectivity index (χ1n) is 6.23. The monoisotopic (exact) mass is 350 g/mol. The second-order valence-electron chi connectivity index (χ2n) is 4.63. The summed E-state index contributed by atoms with van der Waals surface area (Å²) in [5.74, 6) is 0.556. The van der Waals surface area contributed by atoms with E-state index in [1.807, 2.05) is 6.92 Å². The quantitative estimate of drug-likeness (QED) is 0.311. The van der Waals surface area contributed by atoms with Gasteiger partial charge in [0.15, 0.2) is 6.29 Å². The van der Waals surface area contributed by atoms with Gasteiger partial charge in [0.2, 0.25) is 0 Å². The molecule has 1 rings (SSSR count). The summed E-state index contributed by atoms with van der Waals surface area (Å²) in [5, 5.41) is 0. The molecule has 0 fully saturated rings. The fourth-order valence-electron chi connectivity index (χ4n) is 2.05. The van der Waals surface area contributed by atoms with Crippen LogP contribution >= 0.6 is 22.6 Å². The molecule has 0 aromatic heterocycles. The molecule has 0 spiro atoms. The molecular weight excluding hydrogens is 327 g/mol. The Morgan fingerprint density at radius 1 is 1.65 bits per heavy atom. The van der Waals surface area contributed by atoms with Gasteiger partial charge in [-0.15, -0.1) is 0 Å². The molecule has 1 unspecified atom stereocenters. The first kappa shape index (κ1) is 15.2. The summed E-state index contributed by atoms with van der Waals surface area (Å²) in [4.78, 5) is 0. The van der Waals surface area contributed by atoms with E-state index in [0.29, 0.717) is 12.5 Å². The van der Waals surface area contributed by atoms with Crippen LogP contribution in [0.15, 0.2) is 23.8 Å². The summed E-state index contributed by atoms with van der Waals surface area (Å²) >= 11 is 2.31. The third-order valence-corrected chi connectivity index (χ3v) is 3.94. The lowest BCUT2D eigenvalue weighted by molar-refractivity contribution is -0.147. The van der Waals surface area contributed by atoms with Gasteiger partial charge in [-0.3, -0.25) is 0 Å². The Bertz CT molecular complexity index is 286. The molecule has 0 N–H and O–H groups in total. The zero-order valence-corrected chi connectivity index (χ0v) is 13.2. The second kappa shape index (κ2) is 7.54. The fourth-order valence-corrected chi connectivity index (χ4v) is 2.52. The summed E-state index contributed by atoms with van der Waals surface area (Å²) in [6, 6.07) is 0. The maximum Gasteiger partial charge on any atom is 0.167 e. The molecule has 0 aromatic carbocycles. The standard InChI is InChI=1S/C14H23IO2/c1-5-16-14(9-15)17-13-8-12(10(2)3)7-6-11(13)4/h6,12-14H,2,5,7-9H2,1,3-4H3/t12-,13-,14?/m0/s1. The molecule has 17 heavy (non-hydrogen) atoms. The van der Waals surface area contributed by atoms with E-state index >= 15 is 0 Å². The van der Waals surface area contributed by atoms with Crippen LogP contribution in [0.1, 0.15) is 33.6 Å². The zero-order valence-electron chi connectivity index (χ0n) is 11.0. The predicted molar refractivity (Wildman–Crippen MR) is 80.5 cm³/mol. The highest BCUT2D eigenvalue weighted by atomic mass is 127. The Kier molecular flexibility index (Phi) is 6.74. The second-order valence-corrected chi connectivity index (χ2v) is 5.51. The van der Waals surface area contributed by atoms with Crippen molar-refractivity contribution >= 4 is 22.6 Å². The minimum Gasteiger partial charge on any atom is -0.352 e. The first-order valence-corrected chi connectivity index (χ1v) is 7.76. The van der Waals surface area contributed by atoms with Crippen molar-refractivity contribution in [1.29, 1.82) is 0 Å². The van der Waals surface area contributed by atoms with Gasteiger partial charge in [0.25, 0.3) is 0 Å². The van der Waals surface area contributed by atoms with E-state index in [2.05, 4.69) is 49.1 Å². The Hall–Kier alpha value is 0.130. The summed E-state index contributed by atoms with van der Waals surface area (Å²) in [7, 11) is 0. The lowest BCUT2D eigenvalue weighted by Gasteiger charge is -2.31. The minimum atomic E-state index is -0.0854. The molecule has 2 nitrogen and oxygen atoms in total. The largest absolute Gasteiger partial charge is 0.352 e. The molecule has 3 heteroatoms. The van der Waals surface area contributed by atoms with Gasteiger partial charge in [0, 0.05) is 6.61 Å². The SMILES string of the molecule is C=C(C)[C@H]1CC=C(C)[C@@H](OC(CI)OCC)C1. The van der Waals surface area contributed by atoms with E-state index in [1.54, 1.807) is 0 Å². The van der Waals surface area contributed by atoms with Crippen molar-refractivity contribution in [3.05, 3.63) is 23.8 Å². The normalized spacial score (nSPS) is 26.5. The number of hydrogen-bond donors (Lipinski definition) is 0. The fraction of sp³-hybridized carbons (Fsp3) is 0.714. The highest BCUT2D eigenvalue weighted by molar-refractivity contribution is 14.1. The Labute approximate surface area is 119 Å². The van der Waals surface area contributed by atoms with Crippen molar-refractivity contribution in [1.82, 2.24) is 0 Å². The van der Waals surface area contributed by atoms with Crippen LogP contribution in [0.5, 0.6) is 0 Å². The topological polar surface area (TPSA) is 18.5 Å². The number of ether oxygens (including phenoxy) is 2. The van der Waals surface area contributed by atoms with Crippen LogP contribution in [0.2, 0.25) is 0 Å². The number of hydrogen-bond acceptors (Lipinski definition) is 2. The molecule has 98 valence electrons. The van der Waals surface area contributed by atoms with Crippen molar-refractivity contribution in [2.24, 2.45) is 5.92 Å². The molecule has 0 amide bonds. The molecular formula is C14H23IO2. The third kappa shape index (κ3) is 4.72. The molecule has 0 radical (unpaired) electrons. The van der Waals surface area contributed by atoms with Crippen molar-refractivity contribution in [3.8, 4) is 0 Å². The Balaban J connectivity index is 2.59. The van der Waals surface area contributed by atoms with Crippen LogP contribution < -0.4 is 0 Å². The number of alkyl halides is 1. The van der Waals surface area contributed by atoms with Crippen molar-refractivity contribution in [2.45, 2.75) is 46.0 Å². The van der Waals surface area contributed by atoms with Gasteiger partial charge < -0.3 is 9.47 Å². The molecule has 0 saturated heterocycles. The summed E-state index contributed by atoms with van der Waals surface area (Å²) in [6.07, 6.45) is 4.53. The summed E-state index contributed by atoms with van der Waals surface area (Å²) in [5.41, 5.74) is 2.59. The molecule has 0 aliphatic heterocycles. The van der Waals surface area contributed by atoms with Crippen LogP contribution in [0.4, 0.5) is 0 Å². The van der Waals surface area contributed by atoms with E-state index in [1.165, 1.54) is 11.1 Å². The highest BCUT2D eigenvalue weighted by Gasteiger charge is 2.25. The zero-order chi connectivity index (χ0) is 12.8. The predicted octanol–water partition coefficient (Wildman–Crippen LogP) is 4.10. The smallest absolute Gasteiger partial charge is 0.167 e.